The van der Waals surface area contributed by atoms with Crippen LogP contribution in [-0.2, 0) is 25.1 Å². The van der Waals surface area contributed by atoms with Gasteiger partial charge in [-0.3, -0.25) is 0 Å². The Balaban J connectivity index is 2.00. The van der Waals surface area contributed by atoms with E-state index in [2.05, 4.69) is 15.4 Å². The fourth-order valence-electron chi connectivity index (χ4n) is 2.76. The summed E-state index contributed by atoms with van der Waals surface area (Å²) >= 11 is 0. The van der Waals surface area contributed by atoms with Gasteiger partial charge in [0, 0.05) is 5.56 Å². The number of nitrogens with one attached hydrogen (secondary N) is 1. The third-order valence-corrected chi connectivity index (χ3v) is 4.22. The molecule has 0 radical (unpaired) electrons. The van der Waals surface area contributed by atoms with Gasteiger partial charge in [-0.2, -0.15) is 44.8 Å². The standard InChI is InChI=1S/C19H9F9N4O/c20-17(21,22)11-1-9(2-12(5-11)18(23,24)25)8-33-14-4-10(3-13(6-14)19(26,27)28)16-15(7-29)30-32-31-16/h1-6H,8H2,(H,30,31,32). The van der Waals surface area contributed by atoms with Crippen LogP contribution < -0.4 is 4.74 Å². The topological polar surface area (TPSA) is 74.6 Å². The van der Waals surface area contributed by atoms with E-state index < -0.39 is 53.1 Å². The highest BCUT2D eigenvalue weighted by Crippen LogP contribution is 2.38. The maximum Gasteiger partial charge on any atom is 0.416 e. The third kappa shape index (κ3) is 5.54. The van der Waals surface area contributed by atoms with Crippen LogP contribution in [-0.4, -0.2) is 15.4 Å². The Hall–Kier alpha value is -3.76. The van der Waals surface area contributed by atoms with E-state index >= 15 is 0 Å². The highest BCUT2D eigenvalue weighted by Gasteiger charge is 2.37. The first-order valence-electron chi connectivity index (χ1n) is 8.63. The van der Waals surface area contributed by atoms with Gasteiger partial charge in [-0.1, -0.05) is 5.21 Å². The van der Waals surface area contributed by atoms with E-state index in [-0.39, 0.29) is 23.0 Å². The molecule has 0 unspecified atom stereocenters. The van der Waals surface area contributed by atoms with E-state index in [9.17, 15) is 39.5 Å². The number of hydrogen-bond acceptors (Lipinski definition) is 4. The van der Waals surface area contributed by atoms with Crippen molar-refractivity contribution in [3.05, 3.63) is 64.3 Å². The van der Waals surface area contributed by atoms with Gasteiger partial charge in [0.1, 0.15) is 24.1 Å². The zero-order valence-corrected chi connectivity index (χ0v) is 15.8. The Morgan fingerprint density at radius 2 is 1.33 bits per heavy atom. The largest absolute Gasteiger partial charge is 0.489 e. The molecule has 0 fully saturated rings. The van der Waals surface area contributed by atoms with Crippen molar-refractivity contribution in [2.75, 3.05) is 0 Å². The van der Waals surface area contributed by atoms with Crippen molar-refractivity contribution in [2.45, 2.75) is 25.1 Å². The molecule has 14 heteroatoms. The van der Waals surface area contributed by atoms with E-state index in [0.29, 0.717) is 24.3 Å². The van der Waals surface area contributed by atoms with Crippen molar-refractivity contribution in [3.8, 4) is 23.1 Å². The molecule has 0 aliphatic rings. The van der Waals surface area contributed by atoms with E-state index in [1.54, 1.807) is 6.07 Å². The lowest BCUT2D eigenvalue weighted by Gasteiger charge is -2.16. The maximum atomic E-state index is 13.3. The van der Waals surface area contributed by atoms with Gasteiger partial charge < -0.3 is 4.74 Å². The smallest absolute Gasteiger partial charge is 0.416 e. The molecule has 3 aromatic rings. The second-order valence-corrected chi connectivity index (χ2v) is 6.59. The van der Waals surface area contributed by atoms with Gasteiger partial charge in [-0.05, 0) is 42.0 Å². The number of aromatic amines is 1. The van der Waals surface area contributed by atoms with Crippen molar-refractivity contribution in [2.24, 2.45) is 0 Å². The van der Waals surface area contributed by atoms with E-state index in [1.807, 2.05) is 0 Å². The average molecular weight is 480 g/mol. The summed E-state index contributed by atoms with van der Waals surface area (Å²) < 4.78 is 123. The van der Waals surface area contributed by atoms with Crippen molar-refractivity contribution < 1.29 is 44.3 Å². The van der Waals surface area contributed by atoms with Gasteiger partial charge >= 0.3 is 18.5 Å². The summed E-state index contributed by atoms with van der Waals surface area (Å²) in [6, 6.07) is 4.48. The predicted octanol–water partition coefficient (Wildman–Crippen LogP) is 5.98. The molecule has 1 aromatic heterocycles. The summed E-state index contributed by atoms with van der Waals surface area (Å²) in [5.74, 6) is -0.530. The molecule has 0 saturated carbocycles. The highest BCUT2D eigenvalue weighted by atomic mass is 19.4. The van der Waals surface area contributed by atoms with E-state index in [0.717, 1.165) is 6.07 Å². The van der Waals surface area contributed by atoms with Crippen LogP contribution >= 0.6 is 0 Å². The number of halogens is 9. The molecular formula is C19H9F9N4O. The zero-order valence-electron chi connectivity index (χ0n) is 15.8. The van der Waals surface area contributed by atoms with Crippen LogP contribution in [0.2, 0.25) is 0 Å². The first kappa shape index (κ1) is 23.9. The zero-order chi connectivity index (χ0) is 24.6. The molecule has 1 heterocycles. The molecule has 0 bridgehead atoms. The number of nitrogens with zero attached hydrogens (tertiary/aromatic N) is 3. The molecule has 1 N–H and O–H groups in total. The fourth-order valence-corrected chi connectivity index (χ4v) is 2.76. The first-order valence-corrected chi connectivity index (χ1v) is 8.63. The van der Waals surface area contributed by atoms with Gasteiger partial charge in [0.25, 0.3) is 0 Å². The highest BCUT2D eigenvalue weighted by molar-refractivity contribution is 5.67. The van der Waals surface area contributed by atoms with Crippen LogP contribution in [0.1, 0.15) is 27.9 Å². The Morgan fingerprint density at radius 1 is 0.788 bits per heavy atom. The number of H-pyrrole nitrogens is 1. The minimum Gasteiger partial charge on any atom is -0.489 e. The maximum absolute atomic E-state index is 13.3. The SMILES string of the molecule is N#Cc1[nH]nnc1-c1cc(OCc2cc(C(F)(F)F)cc(C(F)(F)F)c2)cc(C(F)(F)F)c1. The molecule has 33 heavy (non-hydrogen) atoms. The lowest BCUT2D eigenvalue weighted by molar-refractivity contribution is -0.143. The first-order chi connectivity index (χ1) is 15.2. The summed E-state index contributed by atoms with van der Waals surface area (Å²) in [7, 11) is 0. The van der Waals surface area contributed by atoms with E-state index in [4.69, 9.17) is 10.00 Å². The molecule has 0 spiro atoms. The summed E-state index contributed by atoms with van der Waals surface area (Å²) in [6.45, 7) is -0.905. The van der Waals surface area contributed by atoms with Crippen LogP contribution in [0.15, 0.2) is 36.4 Å². The van der Waals surface area contributed by atoms with Crippen LogP contribution in [0.3, 0.4) is 0 Å². The van der Waals surface area contributed by atoms with Gasteiger partial charge in [0.15, 0.2) is 5.69 Å². The quantitative estimate of drug-likeness (QED) is 0.467. The van der Waals surface area contributed by atoms with Crippen LogP contribution in [0.4, 0.5) is 39.5 Å². The molecule has 2 aromatic carbocycles. The summed E-state index contributed by atoms with van der Waals surface area (Å²) in [4.78, 5) is 0. The lowest BCUT2D eigenvalue weighted by Crippen LogP contribution is -2.12. The monoisotopic (exact) mass is 480 g/mol. The number of aromatic nitrogens is 3. The van der Waals surface area contributed by atoms with Crippen molar-refractivity contribution in [3.63, 3.8) is 0 Å². The van der Waals surface area contributed by atoms with Gasteiger partial charge in [-0.25, -0.2) is 5.10 Å². The molecule has 0 atom stereocenters. The van der Waals surface area contributed by atoms with Crippen LogP contribution in [0.5, 0.6) is 5.75 Å². The van der Waals surface area contributed by atoms with Crippen LogP contribution in [0.25, 0.3) is 11.3 Å². The van der Waals surface area contributed by atoms with Crippen molar-refractivity contribution in [1.29, 1.82) is 5.26 Å². The Morgan fingerprint density at radius 3 is 1.85 bits per heavy atom. The molecular weight excluding hydrogens is 471 g/mol. The Labute approximate surface area is 178 Å². The van der Waals surface area contributed by atoms with Gasteiger partial charge in [-0.15, -0.1) is 5.10 Å². The fraction of sp³-hybridized carbons (Fsp3) is 0.211. The lowest BCUT2D eigenvalue weighted by atomic mass is 10.0. The molecule has 0 aliphatic heterocycles. The number of nitriles is 1. The molecule has 3 rings (SSSR count). The Kier molecular flexibility index (Phi) is 6.01. The number of benzene rings is 2. The van der Waals surface area contributed by atoms with Gasteiger partial charge in [0.2, 0.25) is 0 Å². The van der Waals surface area contributed by atoms with Crippen LogP contribution in [0, 0.1) is 11.3 Å². The van der Waals surface area contributed by atoms with Crippen molar-refractivity contribution >= 4 is 0 Å². The molecule has 5 nitrogen and oxygen atoms in total. The minimum atomic E-state index is -5.10. The summed E-state index contributed by atoms with van der Waals surface area (Å²) in [6.07, 6.45) is -15.1. The summed E-state index contributed by atoms with van der Waals surface area (Å²) in [5.41, 5.74) is -5.80. The van der Waals surface area contributed by atoms with Crippen molar-refractivity contribution in [1.82, 2.24) is 15.4 Å². The Bertz CT molecular complexity index is 1170. The number of hydrogen-bond donors (Lipinski definition) is 1. The predicted molar refractivity (Wildman–Crippen MR) is 92.3 cm³/mol. The average Bonchev–Trinajstić information content (AvgIpc) is 3.19. The summed E-state index contributed by atoms with van der Waals surface area (Å²) in [5, 5.41) is 18.0. The van der Waals surface area contributed by atoms with Gasteiger partial charge in [0.05, 0.1) is 16.7 Å². The number of alkyl halides is 9. The third-order valence-electron chi connectivity index (χ3n) is 4.22. The molecule has 0 amide bonds. The second kappa shape index (κ2) is 8.30. The number of ether oxygens (including phenoxy) is 1. The molecule has 174 valence electrons. The minimum absolute atomic E-state index is 0.0835. The number of rotatable bonds is 4. The molecule has 0 saturated heterocycles. The normalized spacial score (nSPS) is 12.5. The second-order valence-electron chi connectivity index (χ2n) is 6.59. The molecule has 0 aliphatic carbocycles. The van der Waals surface area contributed by atoms with E-state index in [1.165, 1.54) is 0 Å².